The van der Waals surface area contributed by atoms with Crippen molar-refractivity contribution in [1.82, 2.24) is 0 Å². The molecule has 0 saturated heterocycles. The van der Waals surface area contributed by atoms with Crippen molar-refractivity contribution in [2.24, 2.45) is 0 Å². The molecule has 0 aliphatic rings. The second kappa shape index (κ2) is 1.14. The Labute approximate surface area is 31.4 Å². The third-order valence-corrected chi connectivity index (χ3v) is 0. The third kappa shape index (κ3) is 374. The molecule has 5 heteroatoms. The van der Waals surface area contributed by atoms with Gasteiger partial charge in [0.25, 0.3) is 0 Å². The van der Waals surface area contributed by atoms with Crippen LogP contribution in [0.25, 0.3) is 0 Å². The van der Waals surface area contributed by atoms with Crippen LogP contribution in [-0.4, -0.2) is 18.6 Å². The van der Waals surface area contributed by atoms with Crippen LogP contribution in [0.4, 0.5) is 0 Å². The molecule has 0 atom stereocenters. The molecule has 0 unspecified atom stereocenters. The predicted octanol–water partition coefficient (Wildman–Crippen LogP) is -3.43. The molecule has 0 aliphatic carbocycles. The van der Waals surface area contributed by atoms with Crippen molar-refractivity contribution in [3.63, 3.8) is 0 Å². The molecule has 0 aliphatic heterocycles. The van der Waals surface area contributed by atoms with E-state index in [-0.39, 0.29) is 0 Å². The number of hydrogen-bond donors (Lipinski definition) is 1. The predicted molar refractivity (Wildman–Crippen MR) is 8.66 cm³/mol. The van der Waals surface area contributed by atoms with E-state index in [4.69, 9.17) is 16.0 Å². The van der Waals surface area contributed by atoms with E-state index < -0.39 is 14.5 Å². The van der Waals surface area contributed by atoms with Crippen LogP contribution in [0.3, 0.4) is 0 Å². The summed E-state index contributed by atoms with van der Waals surface area (Å²) < 4.78 is 33.2. The first kappa shape index (κ1) is 5.24. The fourth-order valence-electron chi connectivity index (χ4n) is 0. The molecule has 0 saturated carbocycles. The quantitative estimate of drug-likeness (QED) is 0.355. The van der Waals surface area contributed by atoms with Gasteiger partial charge in [0.2, 0.25) is 0 Å². The Kier molecular flexibility index (Phi) is 1.20. The van der Waals surface area contributed by atoms with E-state index in [1.54, 1.807) is 0 Å². The first-order chi connectivity index (χ1) is 2.00. The summed E-state index contributed by atoms with van der Waals surface area (Å²) in [6.45, 7) is 0. The first-order valence-corrected chi connectivity index (χ1v) is 3.89. The SMILES string of the molecule is O=[As]([O-])([O-])O. The standard InChI is InChI=1S/AsH3O4/c2-1(3,4)5/h(H3,2,3,4,5)/p-2. The molecular formula is HAsO4-2. The topological polar surface area (TPSA) is 83.4 Å². The van der Waals surface area contributed by atoms with E-state index in [0.717, 1.165) is 0 Å². The molecule has 0 heterocycles. The fraction of sp³-hybridized carbons (Fsp3) is 0. The molecule has 0 aromatic rings. The summed E-state index contributed by atoms with van der Waals surface area (Å²) in [6, 6.07) is 0. The second-order valence-electron chi connectivity index (χ2n) is 0.469. The molecule has 32 valence electrons. The van der Waals surface area contributed by atoms with Crippen LogP contribution in [0.1, 0.15) is 0 Å². The van der Waals surface area contributed by atoms with Gasteiger partial charge in [-0.1, -0.05) is 0 Å². The van der Waals surface area contributed by atoms with Crippen molar-refractivity contribution in [2.75, 3.05) is 0 Å². The van der Waals surface area contributed by atoms with Crippen molar-refractivity contribution in [1.29, 1.82) is 0 Å². The van der Waals surface area contributed by atoms with Crippen LogP contribution in [0.5, 0.6) is 0 Å². The van der Waals surface area contributed by atoms with Crippen LogP contribution < -0.4 is 8.19 Å². The van der Waals surface area contributed by atoms with E-state index in [1.807, 2.05) is 0 Å². The van der Waals surface area contributed by atoms with Crippen molar-refractivity contribution in [3.8, 4) is 0 Å². The number of rotatable bonds is 0. The van der Waals surface area contributed by atoms with E-state index >= 15 is 0 Å². The van der Waals surface area contributed by atoms with Gasteiger partial charge in [-0.3, -0.25) is 0 Å². The van der Waals surface area contributed by atoms with Crippen LogP contribution in [0.15, 0.2) is 0 Å². The summed E-state index contributed by atoms with van der Waals surface area (Å²) in [5.74, 6) is 0. The zero-order valence-corrected chi connectivity index (χ0v) is 4.00. The van der Waals surface area contributed by atoms with E-state index in [2.05, 4.69) is 0 Å². The Morgan fingerprint density at radius 2 is 1.60 bits per heavy atom. The van der Waals surface area contributed by atoms with Gasteiger partial charge in [0.1, 0.15) is 0 Å². The van der Waals surface area contributed by atoms with Gasteiger partial charge in [-0.15, -0.1) is 0 Å². The summed E-state index contributed by atoms with van der Waals surface area (Å²) in [4.78, 5) is 0. The molecule has 0 fully saturated rings. The Hall–Kier alpha value is 0.238. The summed E-state index contributed by atoms with van der Waals surface area (Å²) in [5.41, 5.74) is 0. The number of hydrogen-bond acceptors (Lipinski definition) is 3. The van der Waals surface area contributed by atoms with Crippen molar-refractivity contribution >= 4 is 14.5 Å². The Morgan fingerprint density at radius 1 is 1.60 bits per heavy atom. The van der Waals surface area contributed by atoms with Gasteiger partial charge in [-0.25, -0.2) is 0 Å². The Bertz CT molecular complexity index is 49.8. The minimum absolute atomic E-state index is 5.62. The zero-order chi connectivity index (χ0) is 4.50. The normalized spacial score (nSPS) is 11.8. The van der Waals surface area contributed by atoms with Crippen LogP contribution in [0, 0.1) is 0 Å². The maximum atomic E-state index is 8.72. The van der Waals surface area contributed by atoms with Crippen LogP contribution in [-0.2, 0) is 3.74 Å². The van der Waals surface area contributed by atoms with Gasteiger partial charge in [0.15, 0.2) is 0 Å². The molecule has 1 N–H and O–H groups in total. The fourth-order valence-corrected chi connectivity index (χ4v) is 0. The summed E-state index contributed by atoms with van der Waals surface area (Å²) in [7, 11) is 0. The van der Waals surface area contributed by atoms with Crippen molar-refractivity contribution < 1.29 is 16.0 Å². The zero-order valence-electron chi connectivity index (χ0n) is 2.12. The molecule has 0 spiro atoms. The average molecular weight is 140 g/mol. The molecule has 0 bridgehead atoms. The van der Waals surface area contributed by atoms with Gasteiger partial charge in [-0.2, -0.15) is 0 Å². The van der Waals surface area contributed by atoms with Crippen molar-refractivity contribution in [3.05, 3.63) is 0 Å². The first-order valence-electron chi connectivity index (χ1n) is 0.748. The molecule has 0 aromatic carbocycles. The summed E-state index contributed by atoms with van der Waals surface area (Å²) in [6.07, 6.45) is 0. The van der Waals surface area contributed by atoms with Gasteiger partial charge in [-0.05, 0) is 0 Å². The average Bonchev–Trinajstić information content (AvgIpc) is 0.722. The summed E-state index contributed by atoms with van der Waals surface area (Å²) >= 11 is -5.62. The van der Waals surface area contributed by atoms with E-state index in [0.29, 0.717) is 0 Å². The molecule has 0 radical (unpaired) electrons. The molecule has 5 heavy (non-hydrogen) atoms. The maximum absolute atomic E-state index is 8.72. The van der Waals surface area contributed by atoms with Gasteiger partial charge in [0, 0.05) is 0 Å². The molecule has 0 aromatic heterocycles. The minimum atomic E-state index is -5.62. The van der Waals surface area contributed by atoms with Gasteiger partial charge in [0.05, 0.1) is 0 Å². The Balaban J connectivity index is 3.47. The summed E-state index contributed by atoms with van der Waals surface area (Å²) in [5, 5.41) is 0. The molecule has 0 rings (SSSR count). The van der Waals surface area contributed by atoms with Gasteiger partial charge < -0.3 is 0 Å². The van der Waals surface area contributed by atoms with Gasteiger partial charge >= 0.3 is 30.5 Å². The monoisotopic (exact) mass is 140 g/mol. The molecule has 4 nitrogen and oxygen atoms in total. The molecule has 0 amide bonds. The molecular weight excluding hydrogens is 139 g/mol. The van der Waals surface area contributed by atoms with E-state index in [9.17, 15) is 0 Å². The Morgan fingerprint density at radius 3 is 1.60 bits per heavy atom. The van der Waals surface area contributed by atoms with Crippen LogP contribution in [0.2, 0.25) is 0 Å². The van der Waals surface area contributed by atoms with Crippen LogP contribution >= 0.6 is 0 Å². The second-order valence-corrected chi connectivity index (χ2v) is 2.43. The third-order valence-electron chi connectivity index (χ3n) is 0. The van der Waals surface area contributed by atoms with E-state index in [1.165, 1.54) is 0 Å². The van der Waals surface area contributed by atoms with Crippen molar-refractivity contribution in [2.45, 2.75) is 0 Å².